The van der Waals surface area contributed by atoms with Crippen molar-refractivity contribution in [2.24, 2.45) is 5.41 Å². The molecular formula is C15H25BrF2O4S. The van der Waals surface area contributed by atoms with Crippen LogP contribution in [0.1, 0.15) is 47.0 Å². The van der Waals surface area contributed by atoms with Crippen LogP contribution in [0.25, 0.3) is 0 Å². The summed E-state index contributed by atoms with van der Waals surface area (Å²) in [7, 11) is 0. The molecule has 0 saturated carbocycles. The quantitative estimate of drug-likeness (QED) is 0.315. The van der Waals surface area contributed by atoms with Gasteiger partial charge in [0.1, 0.15) is 0 Å². The number of rotatable bonds is 9. The standard InChI is InChI=1S/C15H25BrF2O4S/c1-6-21-12(20)14(16,15(17,18)23-5)9-7-8-10-22-11(19)13(2,3)4/h6-10H2,1-5H3. The van der Waals surface area contributed by atoms with E-state index >= 15 is 0 Å². The van der Waals surface area contributed by atoms with Gasteiger partial charge in [-0.3, -0.25) is 9.59 Å². The van der Waals surface area contributed by atoms with Gasteiger partial charge in [-0.25, -0.2) is 0 Å². The van der Waals surface area contributed by atoms with E-state index in [1.165, 1.54) is 6.26 Å². The molecule has 0 aliphatic heterocycles. The normalized spacial score (nSPS) is 15.0. The summed E-state index contributed by atoms with van der Waals surface area (Å²) in [5.41, 5.74) is -0.601. The van der Waals surface area contributed by atoms with Crippen molar-refractivity contribution in [2.75, 3.05) is 19.5 Å². The predicted molar refractivity (Wildman–Crippen MR) is 91.0 cm³/mol. The van der Waals surface area contributed by atoms with Gasteiger partial charge in [-0.15, -0.1) is 0 Å². The second-order valence-corrected chi connectivity index (χ2v) is 8.36. The van der Waals surface area contributed by atoms with Crippen molar-refractivity contribution in [1.29, 1.82) is 0 Å². The SMILES string of the molecule is CCOC(=O)C(Br)(CCCCOC(=O)C(C)(C)C)C(F)(F)SC. The number of hydrogen-bond acceptors (Lipinski definition) is 5. The molecule has 0 N–H and O–H groups in total. The van der Waals surface area contributed by atoms with E-state index in [9.17, 15) is 18.4 Å². The summed E-state index contributed by atoms with van der Waals surface area (Å²) >= 11 is 3.19. The highest BCUT2D eigenvalue weighted by molar-refractivity contribution is 9.10. The Morgan fingerprint density at radius 1 is 1.09 bits per heavy atom. The molecule has 0 heterocycles. The number of halogens is 3. The molecule has 0 aliphatic carbocycles. The lowest BCUT2D eigenvalue weighted by molar-refractivity contribution is -0.154. The lowest BCUT2D eigenvalue weighted by atomic mass is 9.97. The lowest BCUT2D eigenvalue weighted by Gasteiger charge is -2.32. The first-order valence-electron chi connectivity index (χ1n) is 7.38. The van der Waals surface area contributed by atoms with Gasteiger partial charge in [0.2, 0.25) is 0 Å². The summed E-state index contributed by atoms with van der Waals surface area (Å²) < 4.78 is 36.0. The van der Waals surface area contributed by atoms with Gasteiger partial charge in [0.05, 0.1) is 18.6 Å². The minimum atomic E-state index is -3.30. The van der Waals surface area contributed by atoms with E-state index in [-0.39, 0.29) is 32.0 Å². The van der Waals surface area contributed by atoms with E-state index in [1.807, 2.05) is 0 Å². The van der Waals surface area contributed by atoms with Crippen molar-refractivity contribution in [2.45, 2.75) is 56.5 Å². The number of ether oxygens (including phenoxy) is 2. The first-order valence-corrected chi connectivity index (χ1v) is 9.40. The fourth-order valence-electron chi connectivity index (χ4n) is 1.63. The maximum atomic E-state index is 14.1. The van der Waals surface area contributed by atoms with Crippen LogP contribution in [0.5, 0.6) is 0 Å². The first kappa shape index (κ1) is 22.6. The molecule has 0 radical (unpaired) electrons. The van der Waals surface area contributed by atoms with Crippen molar-refractivity contribution in [3.05, 3.63) is 0 Å². The molecule has 1 unspecified atom stereocenters. The van der Waals surface area contributed by atoms with E-state index in [0.717, 1.165) is 0 Å². The predicted octanol–water partition coefficient (Wildman–Crippen LogP) is 4.40. The summed E-state index contributed by atoms with van der Waals surface area (Å²) in [5.74, 6) is -1.33. The minimum Gasteiger partial charge on any atom is -0.465 e. The van der Waals surface area contributed by atoms with Crippen LogP contribution in [-0.4, -0.2) is 41.0 Å². The number of hydrogen-bond donors (Lipinski definition) is 0. The van der Waals surface area contributed by atoms with E-state index in [4.69, 9.17) is 9.47 Å². The van der Waals surface area contributed by atoms with Gasteiger partial charge in [-0.05, 0) is 53.2 Å². The van der Waals surface area contributed by atoms with Crippen molar-refractivity contribution >= 4 is 39.6 Å². The van der Waals surface area contributed by atoms with Crippen molar-refractivity contribution in [3.63, 3.8) is 0 Å². The Balaban J connectivity index is 4.60. The third-order valence-corrected chi connectivity index (χ3v) is 5.42. The lowest BCUT2D eigenvalue weighted by Crippen LogP contribution is -2.48. The molecule has 0 aromatic rings. The van der Waals surface area contributed by atoms with Crippen molar-refractivity contribution in [3.8, 4) is 0 Å². The Kier molecular flexibility index (Phi) is 9.05. The maximum Gasteiger partial charge on any atom is 0.330 e. The molecule has 0 bridgehead atoms. The zero-order valence-electron chi connectivity index (χ0n) is 14.2. The van der Waals surface area contributed by atoms with Gasteiger partial charge in [-0.2, -0.15) is 8.78 Å². The summed E-state index contributed by atoms with van der Waals surface area (Å²) in [6, 6.07) is 0. The third kappa shape index (κ3) is 6.57. The van der Waals surface area contributed by atoms with E-state index < -0.39 is 21.0 Å². The summed E-state index contributed by atoms with van der Waals surface area (Å²) in [5, 5.41) is -3.30. The molecule has 0 rings (SSSR count). The molecule has 0 saturated heterocycles. The summed E-state index contributed by atoms with van der Waals surface area (Å²) in [6.07, 6.45) is 1.80. The number of carbonyl (C=O) groups excluding carboxylic acids is 2. The number of alkyl halides is 3. The summed E-state index contributed by atoms with van der Waals surface area (Å²) in [6.45, 7) is 6.93. The van der Waals surface area contributed by atoms with Crippen LogP contribution in [0.2, 0.25) is 0 Å². The van der Waals surface area contributed by atoms with Crippen molar-refractivity contribution in [1.82, 2.24) is 0 Å². The maximum absolute atomic E-state index is 14.1. The molecule has 0 aromatic carbocycles. The highest BCUT2D eigenvalue weighted by atomic mass is 79.9. The highest BCUT2D eigenvalue weighted by Crippen LogP contribution is 2.47. The van der Waals surface area contributed by atoms with Crippen LogP contribution in [0.4, 0.5) is 8.78 Å². The second kappa shape index (κ2) is 9.20. The molecule has 0 spiro atoms. The van der Waals surface area contributed by atoms with Crippen LogP contribution < -0.4 is 0 Å². The number of thioether (sulfide) groups is 1. The Morgan fingerprint density at radius 3 is 2.09 bits per heavy atom. The van der Waals surface area contributed by atoms with Gasteiger partial charge < -0.3 is 9.47 Å². The van der Waals surface area contributed by atoms with Gasteiger partial charge in [0.25, 0.3) is 0 Å². The Morgan fingerprint density at radius 2 is 1.65 bits per heavy atom. The zero-order valence-corrected chi connectivity index (χ0v) is 16.6. The topological polar surface area (TPSA) is 52.6 Å². The van der Waals surface area contributed by atoms with Gasteiger partial charge in [0.15, 0.2) is 4.32 Å². The zero-order chi connectivity index (χ0) is 18.3. The number of carbonyl (C=O) groups is 2. The van der Waals surface area contributed by atoms with Crippen LogP contribution >= 0.6 is 27.7 Å². The van der Waals surface area contributed by atoms with E-state index in [0.29, 0.717) is 18.2 Å². The molecule has 4 nitrogen and oxygen atoms in total. The fourth-order valence-corrected chi connectivity index (χ4v) is 3.02. The molecule has 0 amide bonds. The van der Waals surface area contributed by atoms with Crippen LogP contribution in [0, 0.1) is 5.41 Å². The Hall–Kier alpha value is -0.370. The molecule has 0 fully saturated rings. The average Bonchev–Trinajstić information content (AvgIpc) is 2.45. The monoisotopic (exact) mass is 418 g/mol. The van der Waals surface area contributed by atoms with Crippen LogP contribution in [-0.2, 0) is 19.1 Å². The smallest absolute Gasteiger partial charge is 0.330 e. The van der Waals surface area contributed by atoms with Gasteiger partial charge in [0, 0.05) is 0 Å². The minimum absolute atomic E-state index is 0.0276. The molecule has 23 heavy (non-hydrogen) atoms. The van der Waals surface area contributed by atoms with E-state index in [1.54, 1.807) is 27.7 Å². The average molecular weight is 419 g/mol. The van der Waals surface area contributed by atoms with Gasteiger partial charge >= 0.3 is 17.2 Å². The van der Waals surface area contributed by atoms with Crippen molar-refractivity contribution < 1.29 is 27.8 Å². The summed E-state index contributed by atoms with van der Waals surface area (Å²) in [4.78, 5) is 23.5. The van der Waals surface area contributed by atoms with Gasteiger partial charge in [-0.1, -0.05) is 27.7 Å². The molecule has 0 aliphatic rings. The Labute approximate surface area is 149 Å². The third-order valence-electron chi connectivity index (χ3n) is 3.08. The molecular weight excluding hydrogens is 394 g/mol. The number of esters is 2. The van der Waals surface area contributed by atoms with Crippen LogP contribution in [0.3, 0.4) is 0 Å². The Bertz CT molecular complexity index is 413. The van der Waals surface area contributed by atoms with Crippen LogP contribution in [0.15, 0.2) is 0 Å². The molecule has 136 valence electrons. The molecule has 0 aromatic heterocycles. The number of unbranched alkanes of at least 4 members (excludes halogenated alkanes) is 1. The molecule has 8 heteroatoms. The first-order chi connectivity index (χ1) is 10.4. The largest absolute Gasteiger partial charge is 0.465 e. The van der Waals surface area contributed by atoms with E-state index in [2.05, 4.69) is 15.9 Å². The fraction of sp³-hybridized carbons (Fsp3) is 0.867. The molecule has 1 atom stereocenters. The second-order valence-electron chi connectivity index (χ2n) is 6.09. The highest BCUT2D eigenvalue weighted by Gasteiger charge is 2.57.